The quantitative estimate of drug-likeness (QED) is 0.669. The summed E-state index contributed by atoms with van der Waals surface area (Å²) in [7, 11) is 0. The fraction of sp³-hybridized carbons (Fsp3) is 0.111. The summed E-state index contributed by atoms with van der Waals surface area (Å²) in [4.78, 5) is 12.2. The highest BCUT2D eigenvalue weighted by Gasteiger charge is 2.09. The summed E-state index contributed by atoms with van der Waals surface area (Å²) in [6, 6.07) is 7.85. The third-order valence-corrected chi connectivity index (χ3v) is 2.49. The van der Waals surface area contributed by atoms with Crippen LogP contribution in [0.3, 0.4) is 0 Å². The van der Waals surface area contributed by atoms with Crippen LogP contribution in [0.15, 0.2) is 33.6 Å². The van der Waals surface area contributed by atoms with E-state index in [1.165, 1.54) is 18.2 Å². The van der Waals surface area contributed by atoms with E-state index in [2.05, 4.69) is 4.40 Å². The van der Waals surface area contributed by atoms with Gasteiger partial charge in [-0.3, -0.25) is 4.79 Å². The van der Waals surface area contributed by atoms with E-state index in [0.29, 0.717) is 6.42 Å². The molecular formula is C9H8BrNOS. The van der Waals surface area contributed by atoms with Crippen LogP contribution in [0.1, 0.15) is 5.56 Å². The summed E-state index contributed by atoms with van der Waals surface area (Å²) in [5.74, 6) is 0.0763. The van der Waals surface area contributed by atoms with E-state index in [9.17, 15) is 4.79 Å². The number of fused-ring (bicyclic) bond motifs is 1. The number of nitrogens with zero attached hydrogens (tertiary/aromatic N) is 1. The smallest absolute Gasteiger partial charge is 0.178 e. The van der Waals surface area contributed by atoms with Crippen molar-refractivity contribution in [3.05, 3.63) is 29.8 Å². The molecule has 0 saturated carbocycles. The third kappa shape index (κ3) is 2.42. The van der Waals surface area contributed by atoms with Gasteiger partial charge in [0.15, 0.2) is 5.78 Å². The van der Waals surface area contributed by atoms with Crippen LogP contribution in [-0.4, -0.2) is 12.0 Å². The van der Waals surface area contributed by atoms with Crippen LogP contribution in [0.25, 0.3) is 0 Å². The molecule has 1 aromatic carbocycles. The lowest BCUT2D eigenvalue weighted by molar-refractivity contribution is -0.112. The molecule has 0 N–H and O–H groups in total. The lowest BCUT2D eigenvalue weighted by Crippen LogP contribution is -2.01. The maximum Gasteiger partial charge on any atom is 0.178 e. The average molecular weight is 258 g/mol. The van der Waals surface area contributed by atoms with Gasteiger partial charge in [0, 0.05) is 23.3 Å². The Bertz CT molecular complexity index is 351. The molecule has 0 radical (unpaired) electrons. The second-order valence-electron chi connectivity index (χ2n) is 2.58. The first-order valence-corrected chi connectivity index (χ1v) is 4.45. The number of benzene rings is 1. The number of hydrogen-bond donors (Lipinski definition) is 0. The lowest BCUT2D eigenvalue weighted by atomic mass is 10.1. The molecule has 4 heteroatoms. The predicted molar refractivity (Wildman–Crippen MR) is 59.8 cm³/mol. The maximum absolute atomic E-state index is 11.1. The zero-order chi connectivity index (χ0) is 8.39. The Balaban J connectivity index is 0.000000845. The summed E-state index contributed by atoms with van der Waals surface area (Å²) >= 11 is 1.36. The maximum atomic E-state index is 11.1. The van der Waals surface area contributed by atoms with Gasteiger partial charge in [0.1, 0.15) is 0 Å². The second kappa shape index (κ2) is 4.58. The molecule has 1 heterocycles. The Kier molecular flexibility index (Phi) is 3.69. The van der Waals surface area contributed by atoms with E-state index < -0.39 is 0 Å². The first-order valence-electron chi connectivity index (χ1n) is 3.67. The fourth-order valence-electron chi connectivity index (χ4n) is 1.11. The molecule has 0 saturated heterocycles. The molecule has 0 atom stereocenters. The van der Waals surface area contributed by atoms with Gasteiger partial charge in [-0.05, 0) is 11.6 Å². The topological polar surface area (TPSA) is 29.4 Å². The van der Waals surface area contributed by atoms with Crippen LogP contribution in [-0.2, 0) is 11.2 Å². The van der Waals surface area contributed by atoms with E-state index >= 15 is 0 Å². The molecule has 2 rings (SSSR count). The Morgan fingerprint density at radius 2 is 2.08 bits per heavy atom. The number of rotatable bonds is 0. The largest absolute Gasteiger partial charge is 0.293 e. The van der Waals surface area contributed by atoms with Crippen molar-refractivity contribution >= 4 is 40.9 Å². The van der Waals surface area contributed by atoms with Crippen molar-refractivity contribution in [2.45, 2.75) is 11.3 Å². The van der Waals surface area contributed by atoms with Crippen molar-refractivity contribution in [2.24, 2.45) is 4.40 Å². The van der Waals surface area contributed by atoms with Crippen LogP contribution in [0.4, 0.5) is 0 Å². The number of halogens is 1. The highest BCUT2D eigenvalue weighted by Crippen LogP contribution is 2.25. The van der Waals surface area contributed by atoms with Crippen LogP contribution in [0.2, 0.25) is 0 Å². The summed E-state index contributed by atoms with van der Waals surface area (Å²) in [6.45, 7) is 0. The summed E-state index contributed by atoms with van der Waals surface area (Å²) < 4.78 is 3.94. The second-order valence-corrected chi connectivity index (χ2v) is 3.41. The van der Waals surface area contributed by atoms with Crippen molar-refractivity contribution < 1.29 is 4.79 Å². The van der Waals surface area contributed by atoms with Gasteiger partial charge in [-0.2, -0.15) is 0 Å². The normalized spacial score (nSPS) is 14.3. The van der Waals surface area contributed by atoms with E-state index in [1.54, 1.807) is 0 Å². The van der Waals surface area contributed by atoms with E-state index in [0.717, 1.165) is 10.5 Å². The lowest BCUT2D eigenvalue weighted by Gasteiger charge is -1.99. The van der Waals surface area contributed by atoms with Gasteiger partial charge in [-0.1, -0.05) is 18.2 Å². The molecular weight excluding hydrogens is 250 g/mol. The van der Waals surface area contributed by atoms with Gasteiger partial charge in [-0.25, -0.2) is 4.40 Å². The van der Waals surface area contributed by atoms with Crippen LogP contribution in [0.5, 0.6) is 0 Å². The van der Waals surface area contributed by atoms with Gasteiger partial charge in [-0.15, -0.1) is 17.0 Å². The van der Waals surface area contributed by atoms with Crippen molar-refractivity contribution in [3.63, 3.8) is 0 Å². The van der Waals surface area contributed by atoms with Crippen LogP contribution < -0.4 is 0 Å². The molecule has 0 fully saturated rings. The van der Waals surface area contributed by atoms with Crippen molar-refractivity contribution in [2.75, 3.05) is 0 Å². The molecule has 68 valence electrons. The van der Waals surface area contributed by atoms with Crippen LogP contribution >= 0.6 is 28.9 Å². The highest BCUT2D eigenvalue weighted by atomic mass is 79.9. The first-order chi connectivity index (χ1) is 5.86. The molecule has 0 unspecified atom stereocenters. The van der Waals surface area contributed by atoms with Crippen molar-refractivity contribution in [1.82, 2.24) is 0 Å². The minimum absolute atomic E-state index is 0. The van der Waals surface area contributed by atoms with Gasteiger partial charge < -0.3 is 0 Å². The van der Waals surface area contributed by atoms with Gasteiger partial charge in [0.25, 0.3) is 0 Å². The molecule has 0 spiro atoms. The minimum Gasteiger partial charge on any atom is -0.293 e. The van der Waals surface area contributed by atoms with Gasteiger partial charge in [0.2, 0.25) is 0 Å². The van der Waals surface area contributed by atoms with Crippen molar-refractivity contribution in [1.29, 1.82) is 0 Å². The zero-order valence-electron chi connectivity index (χ0n) is 6.77. The number of ketones is 1. The zero-order valence-corrected chi connectivity index (χ0v) is 9.30. The summed E-state index contributed by atoms with van der Waals surface area (Å²) in [5.41, 5.74) is 1.07. The van der Waals surface area contributed by atoms with E-state index in [4.69, 9.17) is 0 Å². The molecule has 0 aliphatic carbocycles. The van der Waals surface area contributed by atoms with Crippen LogP contribution in [0, 0.1) is 0 Å². The molecule has 1 aliphatic heterocycles. The molecule has 2 nitrogen and oxygen atoms in total. The molecule has 0 aromatic heterocycles. The fourth-order valence-corrected chi connectivity index (χ4v) is 1.79. The standard InChI is InChI=1S/C9H7NOS.BrH/c11-8-5-7-3-1-2-4-9(7)12-10-6-8;/h1-4,6H,5H2;1H. The third-order valence-electron chi connectivity index (χ3n) is 1.69. The number of carbonyl (C=O) groups is 1. The summed E-state index contributed by atoms with van der Waals surface area (Å²) in [5, 5.41) is 0. The predicted octanol–water partition coefficient (Wildman–Crippen LogP) is 2.47. The van der Waals surface area contributed by atoms with E-state index in [1.807, 2.05) is 24.3 Å². The average Bonchev–Trinajstić information content (AvgIpc) is 2.25. The number of hydrogen-bond acceptors (Lipinski definition) is 3. The van der Waals surface area contributed by atoms with E-state index in [-0.39, 0.29) is 22.8 Å². The van der Waals surface area contributed by atoms with Gasteiger partial charge >= 0.3 is 0 Å². The molecule has 0 amide bonds. The monoisotopic (exact) mass is 257 g/mol. The minimum atomic E-state index is 0. The van der Waals surface area contributed by atoms with Gasteiger partial charge in [0.05, 0.1) is 6.21 Å². The Morgan fingerprint density at radius 3 is 2.92 bits per heavy atom. The Labute approximate surface area is 91.3 Å². The molecule has 1 aliphatic rings. The number of carbonyl (C=O) groups excluding carboxylic acids is 1. The molecule has 0 bridgehead atoms. The molecule has 1 aromatic rings. The highest BCUT2D eigenvalue weighted by molar-refractivity contribution is 8.93. The first kappa shape index (κ1) is 10.5. The number of Topliss-reactive ketones (excluding diaryl/α,β-unsaturated/α-hetero) is 1. The summed E-state index contributed by atoms with van der Waals surface area (Å²) in [6.07, 6.45) is 1.87. The SMILES string of the molecule is Br.O=C1C=NSc2ccccc2C1. The Morgan fingerprint density at radius 1 is 1.31 bits per heavy atom. The Hall–Kier alpha value is -0.610. The molecule has 13 heavy (non-hydrogen) atoms. The van der Waals surface area contributed by atoms with Crippen molar-refractivity contribution in [3.8, 4) is 0 Å².